The van der Waals surface area contributed by atoms with Crippen LogP contribution in [0.4, 0.5) is 0 Å². The van der Waals surface area contributed by atoms with Crippen molar-refractivity contribution in [3.63, 3.8) is 0 Å². The zero-order valence-electron chi connectivity index (χ0n) is 6.59. The van der Waals surface area contributed by atoms with E-state index in [0.29, 0.717) is 0 Å². The molecule has 0 amide bonds. The van der Waals surface area contributed by atoms with Crippen LogP contribution in [0.15, 0.2) is 0 Å². The molecule has 0 aliphatic heterocycles. The van der Waals surface area contributed by atoms with E-state index in [-0.39, 0.29) is 0 Å². The van der Waals surface area contributed by atoms with E-state index in [9.17, 15) is 0 Å². The molecule has 0 saturated heterocycles. The predicted molar refractivity (Wildman–Crippen MR) is 33.3 cm³/mol. The molecule has 0 aliphatic rings. The first kappa shape index (κ1) is 19.0. The molecule has 0 unspecified atom stereocenters. The molecule has 0 radical (unpaired) electrons. The summed E-state index contributed by atoms with van der Waals surface area (Å²) in [7, 11) is -4.67. The molecule has 0 aromatic rings. The number of hydrogen-bond donors (Lipinski definition) is 5. The number of carboxylic acid groups (broad SMARTS) is 1. The molecule has 0 fully saturated rings. The summed E-state index contributed by atoms with van der Waals surface area (Å²) in [6.07, 6.45) is 0. The van der Waals surface area contributed by atoms with E-state index < -0.39 is 30.0 Å². The third-order valence-corrected chi connectivity index (χ3v) is 0. The summed E-state index contributed by atoms with van der Waals surface area (Å²) in [4.78, 5) is 9.00. The monoisotopic (exact) mass is 276 g/mol. The second-order valence-electron chi connectivity index (χ2n) is 1.41. The van der Waals surface area contributed by atoms with E-state index in [2.05, 4.69) is 0 Å². The second kappa shape index (κ2) is 7.76. The summed E-state index contributed by atoms with van der Waals surface area (Å²) in [5, 5.41) is 7.42. The van der Waals surface area contributed by atoms with Crippen LogP contribution in [0.25, 0.3) is 0 Å². The van der Waals surface area contributed by atoms with Gasteiger partial charge < -0.3 is 5.11 Å². The molecule has 0 bridgehead atoms. The van der Waals surface area contributed by atoms with Gasteiger partial charge in [-0.15, -0.1) is 0 Å². The average molecular weight is 276 g/mol. The fraction of sp³-hybridized carbons (Fsp3) is 0.500. The third kappa shape index (κ3) is 3330. The number of hydrogen-bond acceptors (Lipinski definition) is 5. The molecule has 10 nitrogen and oxygen atoms in total. The Morgan fingerprint density at radius 2 is 1.14 bits per heavy atom. The van der Waals surface area contributed by atoms with E-state index in [0.717, 1.165) is 6.92 Å². The molecule has 0 saturated carbocycles. The first-order chi connectivity index (χ1) is 5.73. The molecule has 0 aromatic carbocycles. The fourth-order valence-corrected chi connectivity index (χ4v) is 0. The van der Waals surface area contributed by atoms with Gasteiger partial charge in [-0.25, -0.2) is 0 Å². The van der Waals surface area contributed by atoms with Crippen LogP contribution in [0.3, 0.4) is 0 Å². The number of rotatable bonds is 0. The van der Waals surface area contributed by atoms with Gasteiger partial charge in [0.2, 0.25) is 0 Å². The van der Waals surface area contributed by atoms with Gasteiger partial charge in [0.1, 0.15) is 0 Å². The number of carbonyl (C=O) groups is 1. The molecular weight excluding hydrogens is 268 g/mol. The molecule has 0 heterocycles. The van der Waals surface area contributed by atoms with Crippen molar-refractivity contribution in [2.75, 3.05) is 0 Å². The Hall–Kier alpha value is -0.608. The van der Waals surface area contributed by atoms with Gasteiger partial charge in [0.15, 0.2) is 0 Å². The first-order valence-corrected chi connectivity index (χ1v) is 5.90. The van der Waals surface area contributed by atoms with Crippen LogP contribution in [-0.4, -0.2) is 36.9 Å². The van der Waals surface area contributed by atoms with E-state index >= 15 is 0 Å². The van der Waals surface area contributed by atoms with Crippen LogP contribution in [0.1, 0.15) is 6.92 Å². The van der Waals surface area contributed by atoms with Gasteiger partial charge in [-0.3, -0.25) is 13.9 Å². The minimum absolute atomic E-state index is 0.833. The average Bonchev–Trinajstić information content (AvgIpc) is 1.45. The summed E-state index contributed by atoms with van der Waals surface area (Å²) in [6.45, 7) is 1.08. The first-order valence-electron chi connectivity index (χ1n) is 2.32. The van der Waals surface area contributed by atoms with Crippen LogP contribution in [0.5, 0.6) is 0 Å². The van der Waals surface area contributed by atoms with Crippen molar-refractivity contribution < 1.29 is 57.0 Å². The summed E-state index contributed by atoms with van der Waals surface area (Å²) in [6, 6.07) is 0. The van der Waals surface area contributed by atoms with Crippen LogP contribution in [0.2, 0.25) is 0 Å². The van der Waals surface area contributed by atoms with Crippen molar-refractivity contribution >= 4 is 16.4 Å². The Bertz CT molecular complexity index is 284. The molecule has 0 aliphatic carbocycles. The van der Waals surface area contributed by atoms with Crippen molar-refractivity contribution in [3.8, 4) is 0 Å². The topological polar surface area (TPSA) is 186 Å². The fourth-order valence-electron chi connectivity index (χ4n) is 0. The number of carboxylic acids is 1. The Labute approximate surface area is 80.8 Å². The van der Waals surface area contributed by atoms with Crippen LogP contribution >= 0.6 is 0 Å². The maximum atomic E-state index is 9.00. The normalized spacial score (nSPS) is 10.1. The molecular formula is C2H8CrO10S. The van der Waals surface area contributed by atoms with Crippen LogP contribution in [-0.2, 0) is 36.4 Å². The van der Waals surface area contributed by atoms with E-state index in [4.69, 9.17) is 43.3 Å². The number of aliphatic carboxylic acids is 1. The van der Waals surface area contributed by atoms with E-state index in [1.54, 1.807) is 0 Å². The van der Waals surface area contributed by atoms with Crippen molar-refractivity contribution in [2.24, 2.45) is 0 Å². The Balaban J connectivity index is -0.000000131. The van der Waals surface area contributed by atoms with E-state index in [1.165, 1.54) is 0 Å². The third-order valence-electron chi connectivity index (χ3n) is 0. The SMILES string of the molecule is CC(=O)O.O=S(=O)(O)O.[O]=[Cr](=[O])([OH])[OH]. The molecule has 0 atom stereocenters. The standard InChI is InChI=1S/C2H4O2.Cr.H2O4S.2H2O.2O/c1-2(3)4;;1-5(2,3)4;;;;/h1H3,(H,3,4);;(H2,1,2,3,4);2*1H2;;/q;+2;;;;;/p-2. The van der Waals surface area contributed by atoms with Gasteiger partial charge in [-0.1, -0.05) is 0 Å². The molecule has 0 aromatic heterocycles. The van der Waals surface area contributed by atoms with Gasteiger partial charge in [-0.2, -0.15) is 8.42 Å². The quantitative estimate of drug-likeness (QED) is 0.312. The minimum atomic E-state index is -5.25. The molecule has 0 rings (SSSR count). The van der Waals surface area contributed by atoms with Gasteiger partial charge in [0.25, 0.3) is 5.97 Å². The van der Waals surface area contributed by atoms with Crippen molar-refractivity contribution in [1.29, 1.82) is 0 Å². The molecule has 5 N–H and O–H groups in total. The van der Waals surface area contributed by atoms with Gasteiger partial charge in [0, 0.05) is 6.92 Å². The Morgan fingerprint density at radius 3 is 1.14 bits per heavy atom. The Kier molecular flexibility index (Phi) is 10.6. The molecule has 88 valence electrons. The summed E-state index contributed by atoms with van der Waals surface area (Å²) in [5.41, 5.74) is 0. The van der Waals surface area contributed by atoms with Crippen molar-refractivity contribution in [2.45, 2.75) is 6.92 Å². The van der Waals surface area contributed by atoms with E-state index in [1.807, 2.05) is 0 Å². The van der Waals surface area contributed by atoms with Crippen molar-refractivity contribution in [1.82, 2.24) is 0 Å². The molecule has 14 heavy (non-hydrogen) atoms. The zero-order chi connectivity index (χ0) is 12.6. The summed E-state index contributed by atoms with van der Waals surface area (Å²) >= 11 is -5.25. The maximum absolute atomic E-state index is 9.00. The van der Waals surface area contributed by atoms with Crippen molar-refractivity contribution in [3.05, 3.63) is 0 Å². The summed E-state index contributed by atoms with van der Waals surface area (Å²) in [5.74, 6) is -0.833. The van der Waals surface area contributed by atoms with Gasteiger partial charge in [0.05, 0.1) is 0 Å². The predicted octanol–water partition coefficient (Wildman–Crippen LogP) is -1.92. The molecule has 0 spiro atoms. The van der Waals surface area contributed by atoms with Gasteiger partial charge >= 0.3 is 39.9 Å². The van der Waals surface area contributed by atoms with Crippen LogP contribution in [0, 0.1) is 0 Å². The molecule has 12 heteroatoms. The second-order valence-corrected chi connectivity index (χ2v) is 3.71. The summed E-state index contributed by atoms with van der Waals surface area (Å²) < 4.78 is 63.5. The van der Waals surface area contributed by atoms with Crippen LogP contribution < -0.4 is 0 Å². The zero-order valence-corrected chi connectivity index (χ0v) is 8.69. The Morgan fingerprint density at radius 1 is 1.14 bits per heavy atom. The van der Waals surface area contributed by atoms with Gasteiger partial charge in [-0.05, 0) is 0 Å².